The zero-order valence-electron chi connectivity index (χ0n) is 5.94. The lowest BCUT2D eigenvalue weighted by molar-refractivity contribution is 0.0690. The smallest absolute Gasteiger partial charge is 0.354 e. The fraction of sp³-hybridized carbons (Fsp3) is 0.143. The van der Waals surface area contributed by atoms with Gasteiger partial charge in [0.2, 0.25) is 0 Å². The van der Waals surface area contributed by atoms with Gasteiger partial charge >= 0.3 is 5.97 Å². The second-order valence-electron chi connectivity index (χ2n) is 1.89. The molecular weight excluding hydrogens is 162 g/mol. The Bertz CT molecular complexity index is 275. The molecular formula is C7H7NO2S. The highest BCUT2D eigenvalue weighted by atomic mass is 32.2. The molecule has 0 atom stereocenters. The number of rotatable bonds is 2. The molecule has 0 saturated heterocycles. The van der Waals surface area contributed by atoms with Gasteiger partial charge in [0.1, 0.15) is 5.69 Å². The first-order chi connectivity index (χ1) is 5.24. The molecule has 4 heteroatoms. The lowest BCUT2D eigenvalue weighted by atomic mass is 10.4. The highest BCUT2D eigenvalue weighted by Gasteiger charge is 2.03. The molecule has 1 rings (SSSR count). The SMILES string of the molecule is CSc1ccnc(C(=O)O)c1. The van der Waals surface area contributed by atoms with Crippen LogP contribution in [0.25, 0.3) is 0 Å². The van der Waals surface area contributed by atoms with Crippen LogP contribution in [0.5, 0.6) is 0 Å². The summed E-state index contributed by atoms with van der Waals surface area (Å²) in [6.07, 6.45) is 3.39. The Hall–Kier alpha value is -1.03. The first kappa shape index (κ1) is 8.07. The fourth-order valence-electron chi connectivity index (χ4n) is 0.655. The van der Waals surface area contributed by atoms with E-state index in [4.69, 9.17) is 5.11 Å². The Morgan fingerprint density at radius 3 is 3.00 bits per heavy atom. The topological polar surface area (TPSA) is 50.2 Å². The normalized spacial score (nSPS) is 9.55. The van der Waals surface area contributed by atoms with Crippen molar-refractivity contribution >= 4 is 17.7 Å². The van der Waals surface area contributed by atoms with E-state index in [0.717, 1.165) is 4.90 Å². The van der Waals surface area contributed by atoms with Crippen LogP contribution in [0, 0.1) is 0 Å². The molecule has 0 fully saturated rings. The summed E-state index contributed by atoms with van der Waals surface area (Å²) in [6.45, 7) is 0. The van der Waals surface area contributed by atoms with E-state index < -0.39 is 5.97 Å². The molecule has 0 unspecified atom stereocenters. The minimum atomic E-state index is -0.985. The second kappa shape index (κ2) is 3.39. The minimum absolute atomic E-state index is 0.0943. The third-order valence-electron chi connectivity index (χ3n) is 1.19. The van der Waals surface area contributed by atoms with Crippen molar-refractivity contribution in [3.63, 3.8) is 0 Å². The second-order valence-corrected chi connectivity index (χ2v) is 2.77. The number of aromatic nitrogens is 1. The quantitative estimate of drug-likeness (QED) is 0.681. The summed E-state index contributed by atoms with van der Waals surface area (Å²) in [6, 6.07) is 3.32. The van der Waals surface area contributed by atoms with E-state index in [1.54, 1.807) is 12.1 Å². The molecule has 0 aliphatic heterocycles. The molecule has 0 saturated carbocycles. The van der Waals surface area contributed by atoms with E-state index in [-0.39, 0.29) is 5.69 Å². The van der Waals surface area contributed by atoms with Crippen LogP contribution in [-0.2, 0) is 0 Å². The van der Waals surface area contributed by atoms with Gasteiger partial charge in [-0.2, -0.15) is 0 Å². The molecule has 58 valence electrons. The third kappa shape index (κ3) is 1.94. The van der Waals surface area contributed by atoms with Gasteiger partial charge in [-0.3, -0.25) is 0 Å². The number of aromatic carboxylic acids is 1. The standard InChI is InChI=1S/C7H7NO2S/c1-11-5-2-3-8-6(4-5)7(9)10/h2-4H,1H3,(H,9,10). The van der Waals surface area contributed by atoms with Gasteiger partial charge in [-0.1, -0.05) is 0 Å². The van der Waals surface area contributed by atoms with Gasteiger partial charge < -0.3 is 5.11 Å². The number of carboxylic acid groups (broad SMARTS) is 1. The van der Waals surface area contributed by atoms with Crippen molar-refractivity contribution in [2.24, 2.45) is 0 Å². The monoisotopic (exact) mass is 169 g/mol. The van der Waals surface area contributed by atoms with Crippen LogP contribution >= 0.6 is 11.8 Å². The van der Waals surface area contributed by atoms with E-state index >= 15 is 0 Å². The summed E-state index contributed by atoms with van der Waals surface area (Å²) in [5.74, 6) is -0.985. The molecule has 1 N–H and O–H groups in total. The summed E-state index contributed by atoms with van der Waals surface area (Å²) in [5.41, 5.74) is 0.0943. The molecule has 1 heterocycles. The molecule has 1 aromatic rings. The number of carboxylic acids is 1. The maximum Gasteiger partial charge on any atom is 0.354 e. The Labute approximate surface area is 68.5 Å². The first-order valence-corrected chi connectivity index (χ1v) is 4.20. The van der Waals surface area contributed by atoms with Crippen LogP contribution in [0.4, 0.5) is 0 Å². The average molecular weight is 169 g/mol. The molecule has 0 spiro atoms. The molecule has 0 bridgehead atoms. The highest BCUT2D eigenvalue weighted by molar-refractivity contribution is 7.98. The van der Waals surface area contributed by atoms with Gasteiger partial charge in [0.05, 0.1) is 0 Å². The number of nitrogens with zero attached hydrogens (tertiary/aromatic N) is 1. The maximum absolute atomic E-state index is 10.4. The van der Waals surface area contributed by atoms with E-state index in [1.807, 2.05) is 6.26 Å². The highest BCUT2D eigenvalue weighted by Crippen LogP contribution is 2.13. The lowest BCUT2D eigenvalue weighted by Gasteiger charge is -1.95. The first-order valence-electron chi connectivity index (χ1n) is 2.97. The predicted octanol–water partition coefficient (Wildman–Crippen LogP) is 1.50. The number of hydrogen-bond donors (Lipinski definition) is 1. The van der Waals surface area contributed by atoms with Crippen molar-refractivity contribution in [1.82, 2.24) is 4.98 Å². The van der Waals surface area contributed by atoms with Crippen molar-refractivity contribution in [1.29, 1.82) is 0 Å². The van der Waals surface area contributed by atoms with Crippen molar-refractivity contribution in [2.45, 2.75) is 4.90 Å². The Morgan fingerprint density at radius 2 is 2.45 bits per heavy atom. The van der Waals surface area contributed by atoms with Crippen LogP contribution in [0.3, 0.4) is 0 Å². The van der Waals surface area contributed by atoms with Crippen LogP contribution in [0.15, 0.2) is 23.2 Å². The number of pyridine rings is 1. The van der Waals surface area contributed by atoms with Gasteiger partial charge in [-0.05, 0) is 18.4 Å². The van der Waals surface area contributed by atoms with Crippen molar-refractivity contribution in [3.8, 4) is 0 Å². The summed E-state index contributed by atoms with van der Waals surface area (Å²) >= 11 is 1.50. The zero-order chi connectivity index (χ0) is 8.27. The molecule has 0 radical (unpaired) electrons. The number of hydrogen-bond acceptors (Lipinski definition) is 3. The average Bonchev–Trinajstić information content (AvgIpc) is 2.05. The Kier molecular flexibility index (Phi) is 2.48. The van der Waals surface area contributed by atoms with Crippen LogP contribution in [0.2, 0.25) is 0 Å². The largest absolute Gasteiger partial charge is 0.477 e. The Balaban J connectivity index is 3.01. The summed E-state index contributed by atoms with van der Waals surface area (Å²) in [5, 5.41) is 8.53. The molecule has 0 amide bonds. The maximum atomic E-state index is 10.4. The van der Waals surface area contributed by atoms with E-state index in [1.165, 1.54) is 18.0 Å². The van der Waals surface area contributed by atoms with Gasteiger partial charge in [0.15, 0.2) is 0 Å². The third-order valence-corrected chi connectivity index (χ3v) is 1.91. The van der Waals surface area contributed by atoms with E-state index in [0.29, 0.717) is 0 Å². The predicted molar refractivity (Wildman–Crippen MR) is 43.0 cm³/mol. The van der Waals surface area contributed by atoms with E-state index in [2.05, 4.69) is 4.98 Å². The molecule has 3 nitrogen and oxygen atoms in total. The van der Waals surface area contributed by atoms with Crippen molar-refractivity contribution in [2.75, 3.05) is 6.26 Å². The lowest BCUT2D eigenvalue weighted by Crippen LogP contribution is -1.98. The molecule has 0 aliphatic rings. The zero-order valence-corrected chi connectivity index (χ0v) is 6.76. The molecule has 0 aromatic carbocycles. The van der Waals surface area contributed by atoms with Crippen molar-refractivity contribution in [3.05, 3.63) is 24.0 Å². The van der Waals surface area contributed by atoms with Gasteiger partial charge in [0.25, 0.3) is 0 Å². The Morgan fingerprint density at radius 1 is 1.73 bits per heavy atom. The van der Waals surface area contributed by atoms with Gasteiger partial charge in [-0.15, -0.1) is 11.8 Å². The van der Waals surface area contributed by atoms with Gasteiger partial charge in [-0.25, -0.2) is 9.78 Å². The minimum Gasteiger partial charge on any atom is -0.477 e. The summed E-state index contributed by atoms with van der Waals surface area (Å²) in [7, 11) is 0. The van der Waals surface area contributed by atoms with Gasteiger partial charge in [0, 0.05) is 11.1 Å². The molecule has 11 heavy (non-hydrogen) atoms. The molecule has 0 aliphatic carbocycles. The van der Waals surface area contributed by atoms with Crippen molar-refractivity contribution < 1.29 is 9.90 Å². The molecule has 1 aromatic heterocycles. The fourth-order valence-corrected chi connectivity index (χ4v) is 1.08. The van der Waals surface area contributed by atoms with E-state index in [9.17, 15) is 4.79 Å². The van der Waals surface area contributed by atoms with Crippen LogP contribution in [0.1, 0.15) is 10.5 Å². The summed E-state index contributed by atoms with van der Waals surface area (Å²) in [4.78, 5) is 15.0. The van der Waals surface area contributed by atoms with Crippen LogP contribution in [-0.4, -0.2) is 22.3 Å². The van der Waals surface area contributed by atoms with Crippen LogP contribution < -0.4 is 0 Å². The summed E-state index contributed by atoms with van der Waals surface area (Å²) < 4.78 is 0. The number of thioether (sulfide) groups is 1. The number of carbonyl (C=O) groups is 1.